The highest BCUT2D eigenvalue weighted by Gasteiger charge is 2.24. The fourth-order valence-corrected chi connectivity index (χ4v) is 2.48. The van der Waals surface area contributed by atoms with Gasteiger partial charge in [0.05, 0.1) is 22.9 Å². The zero-order chi connectivity index (χ0) is 13.1. The van der Waals surface area contributed by atoms with Crippen LogP contribution < -0.4 is 5.32 Å². The van der Waals surface area contributed by atoms with E-state index in [1.807, 2.05) is 30.5 Å². The largest absolute Gasteiger partial charge is 0.308 e. The van der Waals surface area contributed by atoms with Crippen molar-refractivity contribution in [1.82, 2.24) is 15.3 Å². The van der Waals surface area contributed by atoms with Gasteiger partial charge in [0.2, 0.25) is 0 Å². The van der Waals surface area contributed by atoms with Crippen LogP contribution in [0.25, 0.3) is 11.0 Å². The number of fused-ring (bicyclic) bond motifs is 1. The van der Waals surface area contributed by atoms with E-state index in [0.29, 0.717) is 6.04 Å². The van der Waals surface area contributed by atoms with Gasteiger partial charge >= 0.3 is 0 Å². The molecule has 19 heavy (non-hydrogen) atoms. The van der Waals surface area contributed by atoms with Gasteiger partial charge in [-0.2, -0.15) is 0 Å². The van der Waals surface area contributed by atoms with Crippen molar-refractivity contribution < 1.29 is 0 Å². The molecule has 1 aromatic heterocycles. The Hall–Kier alpha value is -1.48. The van der Waals surface area contributed by atoms with Crippen LogP contribution in [-0.2, 0) is 6.54 Å². The number of aromatic nitrogens is 2. The third kappa shape index (κ3) is 3.29. The van der Waals surface area contributed by atoms with Crippen LogP contribution in [0.1, 0.15) is 38.3 Å². The van der Waals surface area contributed by atoms with Crippen molar-refractivity contribution in [3.05, 3.63) is 36.2 Å². The smallest absolute Gasteiger partial charge is 0.0890 e. The van der Waals surface area contributed by atoms with Gasteiger partial charge in [-0.1, -0.05) is 31.9 Å². The molecular weight excluding hydrogens is 234 g/mol. The molecule has 1 saturated carbocycles. The summed E-state index contributed by atoms with van der Waals surface area (Å²) in [5, 5.41) is 3.62. The van der Waals surface area contributed by atoms with Gasteiger partial charge in [0.1, 0.15) is 0 Å². The van der Waals surface area contributed by atoms with Gasteiger partial charge in [-0.25, -0.2) is 4.98 Å². The maximum Gasteiger partial charge on any atom is 0.0890 e. The number of para-hydroxylation sites is 2. The molecule has 1 aliphatic carbocycles. The summed E-state index contributed by atoms with van der Waals surface area (Å²) >= 11 is 0. The molecule has 0 amide bonds. The van der Waals surface area contributed by atoms with E-state index in [9.17, 15) is 0 Å². The molecular formula is C16H21N3. The second-order valence-electron chi connectivity index (χ2n) is 5.52. The lowest BCUT2D eigenvalue weighted by Crippen LogP contribution is -2.28. The van der Waals surface area contributed by atoms with Gasteiger partial charge in [-0.15, -0.1) is 0 Å². The number of hydrogen-bond acceptors (Lipinski definition) is 3. The van der Waals surface area contributed by atoms with Crippen molar-refractivity contribution in [2.24, 2.45) is 5.92 Å². The lowest BCUT2D eigenvalue weighted by atomic mass is 10.1. The van der Waals surface area contributed by atoms with Crippen LogP contribution >= 0.6 is 0 Å². The number of hydrogen-bond donors (Lipinski definition) is 1. The SMILES string of the molecule is CCC(CC1CC1)NCc1cnc2ccccc2n1. The molecule has 0 spiro atoms. The van der Waals surface area contributed by atoms with Crippen LogP contribution in [-0.4, -0.2) is 16.0 Å². The van der Waals surface area contributed by atoms with Crippen molar-refractivity contribution >= 4 is 11.0 Å². The molecule has 100 valence electrons. The minimum atomic E-state index is 0.626. The summed E-state index contributed by atoms with van der Waals surface area (Å²) in [7, 11) is 0. The van der Waals surface area contributed by atoms with E-state index in [4.69, 9.17) is 0 Å². The Bertz CT molecular complexity index is 548. The fourth-order valence-electron chi connectivity index (χ4n) is 2.48. The average molecular weight is 255 g/mol. The Morgan fingerprint density at radius 1 is 1.26 bits per heavy atom. The van der Waals surface area contributed by atoms with Gasteiger partial charge in [-0.3, -0.25) is 4.98 Å². The highest BCUT2D eigenvalue weighted by atomic mass is 14.9. The predicted molar refractivity (Wildman–Crippen MR) is 77.8 cm³/mol. The van der Waals surface area contributed by atoms with Crippen molar-refractivity contribution in [3.63, 3.8) is 0 Å². The topological polar surface area (TPSA) is 37.8 Å². The second-order valence-corrected chi connectivity index (χ2v) is 5.52. The molecule has 3 rings (SSSR count). The quantitative estimate of drug-likeness (QED) is 0.860. The van der Waals surface area contributed by atoms with Crippen LogP contribution in [0.3, 0.4) is 0 Å². The third-order valence-electron chi connectivity index (χ3n) is 3.88. The van der Waals surface area contributed by atoms with Crippen LogP contribution in [0.15, 0.2) is 30.5 Å². The van der Waals surface area contributed by atoms with Crippen molar-refractivity contribution in [2.45, 2.75) is 45.2 Å². The van der Waals surface area contributed by atoms with E-state index in [2.05, 4.69) is 22.2 Å². The first-order valence-corrected chi connectivity index (χ1v) is 7.29. The molecule has 0 radical (unpaired) electrons. The molecule has 0 saturated heterocycles. The first kappa shape index (κ1) is 12.5. The second kappa shape index (κ2) is 5.66. The van der Waals surface area contributed by atoms with Crippen molar-refractivity contribution in [3.8, 4) is 0 Å². The van der Waals surface area contributed by atoms with Gasteiger partial charge in [0.15, 0.2) is 0 Å². The molecule has 2 aromatic rings. The van der Waals surface area contributed by atoms with E-state index in [1.165, 1.54) is 25.7 Å². The highest BCUT2D eigenvalue weighted by molar-refractivity contribution is 5.73. The van der Waals surface area contributed by atoms with E-state index in [1.54, 1.807) is 0 Å². The summed E-state index contributed by atoms with van der Waals surface area (Å²) in [6, 6.07) is 8.66. The molecule has 1 aromatic carbocycles. The third-order valence-corrected chi connectivity index (χ3v) is 3.88. The monoisotopic (exact) mass is 255 g/mol. The number of benzene rings is 1. The van der Waals surface area contributed by atoms with Gasteiger partial charge in [-0.05, 0) is 30.9 Å². The Morgan fingerprint density at radius 2 is 2.05 bits per heavy atom. The van der Waals surface area contributed by atoms with E-state index >= 15 is 0 Å². The molecule has 3 nitrogen and oxygen atoms in total. The fraction of sp³-hybridized carbons (Fsp3) is 0.500. The molecule has 1 aliphatic rings. The van der Waals surface area contributed by atoms with Crippen molar-refractivity contribution in [1.29, 1.82) is 0 Å². The molecule has 1 unspecified atom stereocenters. The van der Waals surface area contributed by atoms with Crippen LogP contribution in [0.2, 0.25) is 0 Å². The Kier molecular flexibility index (Phi) is 3.74. The minimum absolute atomic E-state index is 0.626. The predicted octanol–water partition coefficient (Wildman–Crippen LogP) is 3.30. The first-order chi connectivity index (χ1) is 9.35. The number of nitrogens with zero attached hydrogens (tertiary/aromatic N) is 2. The maximum absolute atomic E-state index is 4.65. The minimum Gasteiger partial charge on any atom is -0.308 e. The van der Waals surface area contributed by atoms with Crippen molar-refractivity contribution in [2.75, 3.05) is 0 Å². The molecule has 1 heterocycles. The summed E-state index contributed by atoms with van der Waals surface area (Å²) in [5.74, 6) is 0.972. The molecule has 0 aliphatic heterocycles. The van der Waals surface area contributed by atoms with Crippen LogP contribution in [0.5, 0.6) is 0 Å². The summed E-state index contributed by atoms with van der Waals surface area (Å²) in [6.45, 7) is 3.08. The molecule has 3 heteroatoms. The Balaban J connectivity index is 1.63. The van der Waals surface area contributed by atoms with Gasteiger partial charge in [0, 0.05) is 12.6 Å². The van der Waals surface area contributed by atoms with Crippen LogP contribution in [0.4, 0.5) is 0 Å². The lowest BCUT2D eigenvalue weighted by molar-refractivity contribution is 0.442. The van der Waals surface area contributed by atoms with Crippen LogP contribution in [0, 0.1) is 5.92 Å². The molecule has 1 fully saturated rings. The zero-order valence-corrected chi connectivity index (χ0v) is 11.5. The summed E-state index contributed by atoms with van der Waals surface area (Å²) in [4.78, 5) is 9.11. The Labute approximate surface area is 114 Å². The number of nitrogens with one attached hydrogen (secondary N) is 1. The number of rotatable bonds is 6. The summed E-state index contributed by atoms with van der Waals surface area (Å²) in [6.07, 6.45) is 7.25. The maximum atomic E-state index is 4.65. The molecule has 1 atom stereocenters. The first-order valence-electron chi connectivity index (χ1n) is 7.29. The molecule has 1 N–H and O–H groups in total. The lowest BCUT2D eigenvalue weighted by Gasteiger charge is -2.16. The van der Waals surface area contributed by atoms with E-state index < -0.39 is 0 Å². The van der Waals surface area contributed by atoms with Gasteiger partial charge < -0.3 is 5.32 Å². The summed E-state index contributed by atoms with van der Waals surface area (Å²) < 4.78 is 0. The van der Waals surface area contributed by atoms with E-state index in [0.717, 1.165) is 29.2 Å². The Morgan fingerprint density at radius 3 is 2.79 bits per heavy atom. The highest BCUT2D eigenvalue weighted by Crippen LogP contribution is 2.34. The molecule has 0 bridgehead atoms. The summed E-state index contributed by atoms with van der Waals surface area (Å²) in [5.41, 5.74) is 2.99. The normalized spacial score (nSPS) is 16.7. The van der Waals surface area contributed by atoms with Gasteiger partial charge in [0.25, 0.3) is 0 Å². The zero-order valence-electron chi connectivity index (χ0n) is 11.5. The standard InChI is InChI=1S/C16H21N3/c1-2-13(9-12-7-8-12)17-10-14-11-18-15-5-3-4-6-16(15)19-14/h3-6,11-13,17H,2,7-10H2,1H3. The van der Waals surface area contributed by atoms with E-state index in [-0.39, 0.29) is 0 Å². The average Bonchev–Trinajstić information content (AvgIpc) is 3.27.